The molecule has 0 amide bonds. The van der Waals surface area contributed by atoms with E-state index >= 15 is 0 Å². The molecular formula is C25H34N2O2. The molecule has 1 N–H and O–H groups in total. The quantitative estimate of drug-likeness (QED) is 0.460. The van der Waals surface area contributed by atoms with Crippen LogP contribution in [0.5, 0.6) is 5.75 Å². The zero-order valence-corrected chi connectivity index (χ0v) is 18.5. The van der Waals surface area contributed by atoms with Crippen LogP contribution in [0.3, 0.4) is 0 Å². The number of carbonyl (C=O) groups is 1. The van der Waals surface area contributed by atoms with Gasteiger partial charge in [0, 0.05) is 36.3 Å². The van der Waals surface area contributed by atoms with Gasteiger partial charge in [0.05, 0.1) is 12.3 Å². The number of para-hydroxylation sites is 1. The SMILES string of the molecule is CC(C)(C)C=O.CC=N/C(=C\C)c1ccccc1OCCc1ccc(NC)cc1. The number of hydrogen-bond donors (Lipinski definition) is 1. The summed E-state index contributed by atoms with van der Waals surface area (Å²) in [6.45, 7) is 10.2. The number of nitrogens with one attached hydrogen (secondary N) is 1. The molecule has 29 heavy (non-hydrogen) atoms. The molecule has 0 aliphatic heterocycles. The summed E-state index contributed by atoms with van der Waals surface area (Å²) in [4.78, 5) is 14.2. The Morgan fingerprint density at radius 1 is 1.07 bits per heavy atom. The van der Waals surface area contributed by atoms with Crippen LogP contribution in [0.15, 0.2) is 59.6 Å². The Balaban J connectivity index is 0.000000612. The molecular weight excluding hydrogens is 360 g/mol. The fraction of sp³-hybridized carbons (Fsp3) is 0.360. The van der Waals surface area contributed by atoms with Crippen molar-refractivity contribution in [3.05, 3.63) is 65.7 Å². The monoisotopic (exact) mass is 394 g/mol. The predicted molar refractivity (Wildman–Crippen MR) is 125 cm³/mol. The molecule has 2 rings (SSSR count). The summed E-state index contributed by atoms with van der Waals surface area (Å²) in [5.41, 5.74) is 4.20. The average molecular weight is 395 g/mol. The van der Waals surface area contributed by atoms with Gasteiger partial charge >= 0.3 is 0 Å². The first-order valence-corrected chi connectivity index (χ1v) is 9.94. The fourth-order valence-electron chi connectivity index (χ4n) is 2.36. The highest BCUT2D eigenvalue weighted by atomic mass is 16.5. The summed E-state index contributed by atoms with van der Waals surface area (Å²) in [6, 6.07) is 16.4. The maximum atomic E-state index is 9.83. The Hall–Kier alpha value is -2.88. The van der Waals surface area contributed by atoms with Crippen molar-refractivity contribution in [3.63, 3.8) is 0 Å². The van der Waals surface area contributed by atoms with E-state index < -0.39 is 0 Å². The highest BCUT2D eigenvalue weighted by Gasteiger charge is 2.07. The molecule has 0 aliphatic carbocycles. The van der Waals surface area contributed by atoms with E-state index in [1.54, 1.807) is 6.21 Å². The topological polar surface area (TPSA) is 50.7 Å². The molecule has 0 spiro atoms. The van der Waals surface area contributed by atoms with E-state index in [4.69, 9.17) is 4.74 Å². The second-order valence-electron chi connectivity index (χ2n) is 7.59. The highest BCUT2D eigenvalue weighted by Crippen LogP contribution is 2.26. The van der Waals surface area contributed by atoms with Crippen molar-refractivity contribution in [1.29, 1.82) is 0 Å². The number of allylic oxidation sites excluding steroid dienone is 1. The van der Waals surface area contributed by atoms with Crippen molar-refractivity contribution in [2.75, 3.05) is 19.0 Å². The Morgan fingerprint density at radius 2 is 1.69 bits per heavy atom. The van der Waals surface area contributed by atoms with Crippen molar-refractivity contribution in [3.8, 4) is 5.75 Å². The number of anilines is 1. The Labute approximate surface area is 175 Å². The number of aliphatic imine (C=N–C) groups is 1. The second kappa shape index (κ2) is 12.6. The molecule has 4 heteroatoms. The minimum atomic E-state index is -0.139. The molecule has 0 saturated heterocycles. The van der Waals surface area contributed by atoms with Gasteiger partial charge in [0.15, 0.2) is 0 Å². The van der Waals surface area contributed by atoms with Gasteiger partial charge in [-0.2, -0.15) is 0 Å². The third-order valence-corrected chi connectivity index (χ3v) is 3.95. The summed E-state index contributed by atoms with van der Waals surface area (Å²) in [5.74, 6) is 0.873. The van der Waals surface area contributed by atoms with Gasteiger partial charge in [-0.05, 0) is 43.7 Å². The van der Waals surface area contributed by atoms with E-state index in [-0.39, 0.29) is 5.41 Å². The van der Waals surface area contributed by atoms with Crippen LogP contribution in [0.2, 0.25) is 0 Å². The molecule has 0 unspecified atom stereocenters. The smallest absolute Gasteiger partial charge is 0.128 e. The maximum absolute atomic E-state index is 9.83. The van der Waals surface area contributed by atoms with Gasteiger partial charge in [0.1, 0.15) is 12.0 Å². The molecule has 2 aromatic carbocycles. The van der Waals surface area contributed by atoms with Crippen molar-refractivity contribution in [2.24, 2.45) is 10.4 Å². The normalized spacial score (nSPS) is 11.6. The van der Waals surface area contributed by atoms with Gasteiger partial charge in [-0.15, -0.1) is 0 Å². The minimum absolute atomic E-state index is 0.139. The molecule has 0 aromatic heterocycles. The number of aldehydes is 1. The first-order valence-electron chi connectivity index (χ1n) is 9.94. The van der Waals surface area contributed by atoms with Crippen molar-refractivity contribution >= 4 is 23.9 Å². The molecule has 0 fully saturated rings. The van der Waals surface area contributed by atoms with E-state index in [1.165, 1.54) is 5.56 Å². The predicted octanol–water partition coefficient (Wildman–Crippen LogP) is 6.03. The van der Waals surface area contributed by atoms with Crippen molar-refractivity contribution < 1.29 is 9.53 Å². The van der Waals surface area contributed by atoms with Crippen molar-refractivity contribution in [2.45, 2.75) is 41.0 Å². The number of hydrogen-bond acceptors (Lipinski definition) is 4. The minimum Gasteiger partial charge on any atom is -0.493 e. The van der Waals surface area contributed by atoms with E-state index in [1.807, 2.05) is 72.0 Å². The number of nitrogens with zero attached hydrogens (tertiary/aromatic N) is 1. The van der Waals surface area contributed by atoms with Crippen LogP contribution in [0, 0.1) is 5.41 Å². The lowest BCUT2D eigenvalue weighted by Gasteiger charge is -2.12. The number of ether oxygens (including phenoxy) is 1. The maximum Gasteiger partial charge on any atom is 0.128 e. The summed E-state index contributed by atoms with van der Waals surface area (Å²) < 4.78 is 6.00. The molecule has 0 aliphatic rings. The number of carbonyl (C=O) groups excluding carboxylic acids is 1. The third kappa shape index (κ3) is 9.24. The summed E-state index contributed by atoms with van der Waals surface area (Å²) in [7, 11) is 1.92. The van der Waals surface area contributed by atoms with Crippen LogP contribution in [0.4, 0.5) is 5.69 Å². The zero-order chi connectivity index (χ0) is 21.7. The van der Waals surface area contributed by atoms with Crippen LogP contribution >= 0.6 is 0 Å². The van der Waals surface area contributed by atoms with Gasteiger partial charge in [0.2, 0.25) is 0 Å². The number of benzene rings is 2. The zero-order valence-electron chi connectivity index (χ0n) is 18.5. The molecule has 2 aromatic rings. The van der Waals surface area contributed by atoms with E-state index in [9.17, 15) is 4.79 Å². The lowest BCUT2D eigenvalue weighted by atomic mass is 10.0. The van der Waals surface area contributed by atoms with Gasteiger partial charge in [-0.1, -0.05) is 51.1 Å². The molecule has 0 radical (unpaired) electrons. The van der Waals surface area contributed by atoms with Crippen LogP contribution in [-0.4, -0.2) is 26.2 Å². The molecule has 0 saturated carbocycles. The summed E-state index contributed by atoms with van der Waals surface area (Å²) in [5, 5.41) is 3.12. The Bertz CT molecular complexity index is 800. The van der Waals surface area contributed by atoms with Crippen LogP contribution in [0.1, 0.15) is 45.7 Å². The highest BCUT2D eigenvalue weighted by molar-refractivity contribution is 5.75. The Kier molecular flexibility index (Phi) is 10.5. The fourth-order valence-corrected chi connectivity index (χ4v) is 2.36. The summed E-state index contributed by atoms with van der Waals surface area (Å²) in [6.07, 6.45) is 5.61. The van der Waals surface area contributed by atoms with E-state index in [2.05, 4.69) is 34.6 Å². The van der Waals surface area contributed by atoms with Gasteiger partial charge in [0.25, 0.3) is 0 Å². The average Bonchev–Trinajstić information content (AvgIpc) is 2.73. The lowest BCUT2D eigenvalue weighted by Crippen LogP contribution is -2.04. The molecule has 0 bridgehead atoms. The van der Waals surface area contributed by atoms with Crippen LogP contribution in [0.25, 0.3) is 5.70 Å². The summed E-state index contributed by atoms with van der Waals surface area (Å²) >= 11 is 0. The first kappa shape index (κ1) is 24.2. The number of rotatable bonds is 7. The lowest BCUT2D eigenvalue weighted by molar-refractivity contribution is -0.113. The largest absolute Gasteiger partial charge is 0.493 e. The van der Waals surface area contributed by atoms with Gasteiger partial charge in [-0.3, -0.25) is 4.99 Å². The molecule has 4 nitrogen and oxygen atoms in total. The third-order valence-electron chi connectivity index (χ3n) is 3.95. The van der Waals surface area contributed by atoms with Crippen LogP contribution < -0.4 is 10.1 Å². The van der Waals surface area contributed by atoms with E-state index in [0.29, 0.717) is 6.61 Å². The standard InChI is InChI=1S/C20H24N2O.C5H10O/c1-4-19(22-5-2)18-8-6-7-9-20(18)23-15-14-16-10-12-17(21-3)13-11-16;1-5(2,3)4-6/h4-13,21H,14-15H2,1-3H3;4H,1-3H3/b19-4-,22-5?;. The molecule has 0 atom stereocenters. The van der Waals surface area contributed by atoms with Crippen molar-refractivity contribution in [1.82, 2.24) is 0 Å². The second-order valence-corrected chi connectivity index (χ2v) is 7.59. The Morgan fingerprint density at radius 3 is 2.21 bits per heavy atom. The first-order chi connectivity index (χ1) is 13.8. The van der Waals surface area contributed by atoms with E-state index in [0.717, 1.165) is 35.4 Å². The molecule has 156 valence electrons. The van der Waals surface area contributed by atoms with Crippen LogP contribution in [-0.2, 0) is 11.2 Å². The van der Waals surface area contributed by atoms with Gasteiger partial charge < -0.3 is 14.8 Å². The molecule has 0 heterocycles. The van der Waals surface area contributed by atoms with Gasteiger partial charge in [-0.25, -0.2) is 0 Å².